The standard InChI is InChI=1S/C35H34F3NO5/c1-3-39(34(41)44-24-27-15-9-5-10-16-27)22-30-29(19-20-42-25(2)40)31(35(36,37)38)21-32(33(30)28-17-11-6-12-18-28)43-23-26-13-7-4-8-14-26/h4-18,21H,3,19-20,22-24H2,1-2H3. The van der Waals surface area contributed by atoms with Gasteiger partial charge >= 0.3 is 18.2 Å². The van der Waals surface area contributed by atoms with E-state index in [1.165, 1.54) is 11.8 Å². The quantitative estimate of drug-likeness (QED) is 0.152. The Balaban J connectivity index is 1.84. The van der Waals surface area contributed by atoms with Gasteiger partial charge in [-0.2, -0.15) is 13.2 Å². The molecule has 0 fully saturated rings. The number of hydrogen-bond acceptors (Lipinski definition) is 5. The molecule has 4 rings (SSSR count). The molecule has 0 aliphatic rings. The lowest BCUT2D eigenvalue weighted by Crippen LogP contribution is -2.32. The molecule has 9 heteroatoms. The van der Waals surface area contributed by atoms with Gasteiger partial charge in [-0.3, -0.25) is 4.79 Å². The molecule has 0 saturated heterocycles. The fraction of sp³-hybridized carbons (Fsp3) is 0.257. The Morgan fingerprint density at radius 2 is 1.34 bits per heavy atom. The van der Waals surface area contributed by atoms with Gasteiger partial charge in [-0.1, -0.05) is 91.0 Å². The minimum atomic E-state index is -4.76. The van der Waals surface area contributed by atoms with Crippen molar-refractivity contribution in [1.82, 2.24) is 4.90 Å². The molecule has 4 aromatic rings. The second-order valence-electron chi connectivity index (χ2n) is 10.0. The number of rotatable bonds is 12. The Kier molecular flexibility index (Phi) is 11.0. The van der Waals surface area contributed by atoms with Gasteiger partial charge in [0.2, 0.25) is 0 Å². The van der Waals surface area contributed by atoms with Crippen LogP contribution < -0.4 is 4.74 Å². The number of halogens is 3. The molecule has 0 aliphatic heterocycles. The van der Waals surface area contributed by atoms with Crippen molar-refractivity contribution in [3.63, 3.8) is 0 Å². The Morgan fingerprint density at radius 1 is 0.773 bits per heavy atom. The van der Waals surface area contributed by atoms with Crippen molar-refractivity contribution in [1.29, 1.82) is 0 Å². The molecule has 0 unspecified atom stereocenters. The molecule has 0 aromatic heterocycles. The van der Waals surface area contributed by atoms with Gasteiger partial charge in [0.25, 0.3) is 0 Å². The summed E-state index contributed by atoms with van der Waals surface area (Å²) in [5.74, 6) is -0.585. The van der Waals surface area contributed by atoms with Gasteiger partial charge in [0.15, 0.2) is 0 Å². The summed E-state index contributed by atoms with van der Waals surface area (Å²) in [6.07, 6.45) is -5.66. The molecule has 0 atom stereocenters. The van der Waals surface area contributed by atoms with E-state index in [1.807, 2.05) is 60.7 Å². The van der Waals surface area contributed by atoms with E-state index in [-0.39, 0.29) is 56.2 Å². The fourth-order valence-electron chi connectivity index (χ4n) is 4.84. The van der Waals surface area contributed by atoms with Gasteiger partial charge in [0.05, 0.1) is 18.7 Å². The van der Waals surface area contributed by atoms with Crippen LogP contribution >= 0.6 is 0 Å². The van der Waals surface area contributed by atoms with Gasteiger partial charge in [0, 0.05) is 25.5 Å². The van der Waals surface area contributed by atoms with E-state index in [0.717, 1.165) is 17.2 Å². The van der Waals surface area contributed by atoms with Crippen molar-refractivity contribution in [2.45, 2.75) is 46.2 Å². The van der Waals surface area contributed by atoms with Crippen LogP contribution in [-0.4, -0.2) is 30.1 Å². The van der Waals surface area contributed by atoms with Crippen LogP contribution in [-0.2, 0) is 46.6 Å². The van der Waals surface area contributed by atoms with Gasteiger partial charge in [0.1, 0.15) is 19.0 Å². The number of amides is 1. The maximum atomic E-state index is 14.7. The van der Waals surface area contributed by atoms with Crippen LogP contribution in [0.4, 0.5) is 18.0 Å². The van der Waals surface area contributed by atoms with E-state index >= 15 is 0 Å². The first-order chi connectivity index (χ1) is 21.2. The zero-order valence-electron chi connectivity index (χ0n) is 24.6. The van der Waals surface area contributed by atoms with Crippen LogP contribution in [0.2, 0.25) is 0 Å². The zero-order chi connectivity index (χ0) is 31.5. The topological polar surface area (TPSA) is 65.1 Å². The minimum Gasteiger partial charge on any atom is -0.488 e. The molecule has 0 radical (unpaired) electrons. The lowest BCUT2D eigenvalue weighted by atomic mass is 9.88. The Hall–Kier alpha value is -4.79. The third kappa shape index (κ3) is 8.63. The molecule has 0 N–H and O–H groups in total. The molecule has 0 spiro atoms. The highest BCUT2D eigenvalue weighted by Gasteiger charge is 2.37. The third-order valence-electron chi connectivity index (χ3n) is 6.97. The van der Waals surface area contributed by atoms with Crippen molar-refractivity contribution in [3.8, 4) is 16.9 Å². The summed E-state index contributed by atoms with van der Waals surface area (Å²) in [5, 5.41) is 0. The average Bonchev–Trinajstić information content (AvgIpc) is 3.02. The summed E-state index contributed by atoms with van der Waals surface area (Å²) in [5.41, 5.74) is 1.82. The predicted molar refractivity (Wildman–Crippen MR) is 161 cm³/mol. The second kappa shape index (κ2) is 15.1. The molecule has 44 heavy (non-hydrogen) atoms. The monoisotopic (exact) mass is 605 g/mol. The highest BCUT2D eigenvalue weighted by Crippen LogP contribution is 2.44. The van der Waals surface area contributed by atoms with Crippen LogP contribution in [0.3, 0.4) is 0 Å². The summed E-state index contributed by atoms with van der Waals surface area (Å²) in [6, 6.07) is 28.2. The van der Waals surface area contributed by atoms with E-state index in [2.05, 4.69) is 0 Å². The number of hydrogen-bond donors (Lipinski definition) is 0. The van der Waals surface area contributed by atoms with E-state index in [9.17, 15) is 22.8 Å². The maximum absolute atomic E-state index is 14.7. The first-order valence-corrected chi connectivity index (χ1v) is 14.2. The molecule has 6 nitrogen and oxygen atoms in total. The lowest BCUT2D eigenvalue weighted by molar-refractivity contribution is -0.141. The number of ether oxygens (including phenoxy) is 3. The van der Waals surface area contributed by atoms with Crippen LogP contribution in [0.15, 0.2) is 97.1 Å². The first-order valence-electron chi connectivity index (χ1n) is 14.2. The SMILES string of the molecule is CCN(Cc1c(CCOC(C)=O)c(C(F)(F)F)cc(OCc2ccccc2)c1-c1ccccc1)C(=O)OCc1ccccc1. The van der Waals surface area contributed by atoms with E-state index in [0.29, 0.717) is 11.1 Å². The molecule has 1 amide bonds. The minimum absolute atomic E-state index is 0.00898. The predicted octanol–water partition coefficient (Wildman–Crippen LogP) is 8.22. The number of benzene rings is 4. The summed E-state index contributed by atoms with van der Waals surface area (Å²) >= 11 is 0. The van der Waals surface area contributed by atoms with E-state index in [4.69, 9.17) is 14.2 Å². The van der Waals surface area contributed by atoms with Crippen LogP contribution in [0, 0.1) is 0 Å². The molecule has 0 heterocycles. The Bertz CT molecular complexity index is 1530. The van der Waals surface area contributed by atoms with E-state index < -0.39 is 23.8 Å². The van der Waals surface area contributed by atoms with Crippen LogP contribution in [0.1, 0.15) is 41.7 Å². The highest BCUT2D eigenvalue weighted by atomic mass is 19.4. The van der Waals surface area contributed by atoms with Crippen molar-refractivity contribution < 1.29 is 37.0 Å². The van der Waals surface area contributed by atoms with Crippen molar-refractivity contribution in [3.05, 3.63) is 125 Å². The zero-order valence-corrected chi connectivity index (χ0v) is 24.6. The fourth-order valence-corrected chi connectivity index (χ4v) is 4.84. The van der Waals surface area contributed by atoms with Gasteiger partial charge in [-0.15, -0.1) is 0 Å². The van der Waals surface area contributed by atoms with Gasteiger partial charge < -0.3 is 19.1 Å². The molecule has 0 saturated carbocycles. The first kappa shape index (κ1) is 32.1. The molecular weight excluding hydrogens is 571 g/mol. The number of esters is 1. The molecule has 230 valence electrons. The number of nitrogens with zero attached hydrogens (tertiary/aromatic N) is 1. The average molecular weight is 606 g/mol. The van der Waals surface area contributed by atoms with Crippen LogP contribution in [0.5, 0.6) is 5.75 Å². The molecule has 0 aliphatic carbocycles. The summed E-state index contributed by atoms with van der Waals surface area (Å²) in [7, 11) is 0. The molecule has 0 bridgehead atoms. The van der Waals surface area contributed by atoms with Gasteiger partial charge in [-0.25, -0.2) is 4.79 Å². The normalized spacial score (nSPS) is 11.1. The number of carbonyl (C=O) groups excluding carboxylic acids is 2. The summed E-state index contributed by atoms with van der Waals surface area (Å²) < 4.78 is 60.9. The summed E-state index contributed by atoms with van der Waals surface area (Å²) in [4.78, 5) is 26.2. The number of alkyl halides is 3. The Labute approximate surface area is 255 Å². The smallest absolute Gasteiger partial charge is 0.416 e. The second-order valence-corrected chi connectivity index (χ2v) is 10.0. The molecule has 4 aromatic carbocycles. The highest BCUT2D eigenvalue weighted by molar-refractivity contribution is 5.78. The maximum Gasteiger partial charge on any atom is 0.416 e. The van der Waals surface area contributed by atoms with Crippen molar-refractivity contribution in [2.24, 2.45) is 0 Å². The largest absolute Gasteiger partial charge is 0.488 e. The van der Waals surface area contributed by atoms with Crippen molar-refractivity contribution >= 4 is 12.1 Å². The Morgan fingerprint density at radius 3 is 1.89 bits per heavy atom. The van der Waals surface area contributed by atoms with Gasteiger partial charge in [-0.05, 0) is 40.8 Å². The van der Waals surface area contributed by atoms with E-state index in [1.54, 1.807) is 37.3 Å². The third-order valence-corrected chi connectivity index (χ3v) is 6.97. The lowest BCUT2D eigenvalue weighted by Gasteiger charge is -2.28. The van der Waals surface area contributed by atoms with Crippen molar-refractivity contribution in [2.75, 3.05) is 13.2 Å². The summed E-state index contributed by atoms with van der Waals surface area (Å²) in [6.45, 7) is 2.66. The molecular formula is C35H34F3NO5. The van der Waals surface area contributed by atoms with Crippen LogP contribution in [0.25, 0.3) is 11.1 Å². The number of carbonyl (C=O) groups is 2.